The Kier molecular flexibility index (Phi) is 5.50. The molecule has 1 aliphatic rings. The maximum atomic E-state index is 12.0. The van der Waals surface area contributed by atoms with E-state index in [4.69, 9.17) is 0 Å². The van der Waals surface area contributed by atoms with Gasteiger partial charge in [-0.25, -0.2) is 4.98 Å². The van der Waals surface area contributed by atoms with Crippen molar-refractivity contribution in [3.05, 3.63) is 16.1 Å². The highest BCUT2D eigenvalue weighted by molar-refractivity contribution is 7.87. The van der Waals surface area contributed by atoms with Gasteiger partial charge in [-0.2, -0.15) is 17.4 Å². The number of nitrogens with one attached hydrogen (secondary N) is 2. The standard InChI is InChI=1S/C12H22N4O2S2/c1-10-8-14-12(19-10)9-15-20(17,18)16(2)7-3-6-13-11-4-5-11/h8,11,13,15H,3-7,9H2,1-2H3. The molecule has 8 heteroatoms. The molecule has 1 fully saturated rings. The highest BCUT2D eigenvalue weighted by atomic mass is 32.2. The molecule has 0 atom stereocenters. The molecule has 0 amide bonds. The summed E-state index contributed by atoms with van der Waals surface area (Å²) in [6.45, 7) is 3.60. The van der Waals surface area contributed by atoms with Crippen LogP contribution in [0.2, 0.25) is 0 Å². The van der Waals surface area contributed by atoms with Crippen LogP contribution in [0.4, 0.5) is 0 Å². The Labute approximate surface area is 124 Å². The molecule has 0 aliphatic heterocycles. The van der Waals surface area contributed by atoms with Crippen molar-refractivity contribution in [1.82, 2.24) is 19.3 Å². The fourth-order valence-corrected chi connectivity index (χ4v) is 3.49. The Morgan fingerprint density at radius 2 is 2.25 bits per heavy atom. The van der Waals surface area contributed by atoms with E-state index in [0.717, 1.165) is 22.9 Å². The fraction of sp³-hybridized carbons (Fsp3) is 0.750. The van der Waals surface area contributed by atoms with Crippen molar-refractivity contribution in [3.8, 4) is 0 Å². The number of nitrogens with zero attached hydrogens (tertiary/aromatic N) is 2. The van der Waals surface area contributed by atoms with Crippen molar-refractivity contribution in [2.24, 2.45) is 0 Å². The second-order valence-electron chi connectivity index (χ2n) is 5.09. The first-order valence-corrected chi connectivity index (χ1v) is 9.08. The van der Waals surface area contributed by atoms with Gasteiger partial charge in [0.05, 0.1) is 6.54 Å². The fourth-order valence-electron chi connectivity index (χ4n) is 1.76. The van der Waals surface area contributed by atoms with Crippen LogP contribution in [0.15, 0.2) is 6.20 Å². The molecule has 2 rings (SSSR count). The van der Waals surface area contributed by atoms with Crippen LogP contribution in [-0.4, -0.2) is 43.9 Å². The molecule has 6 nitrogen and oxygen atoms in total. The lowest BCUT2D eigenvalue weighted by Gasteiger charge is -2.17. The minimum Gasteiger partial charge on any atom is -0.314 e. The average Bonchev–Trinajstić information content (AvgIpc) is 3.13. The highest BCUT2D eigenvalue weighted by Gasteiger charge is 2.21. The van der Waals surface area contributed by atoms with Crippen LogP contribution in [-0.2, 0) is 16.8 Å². The second-order valence-corrected chi connectivity index (χ2v) is 8.28. The van der Waals surface area contributed by atoms with E-state index in [2.05, 4.69) is 15.0 Å². The van der Waals surface area contributed by atoms with Crippen molar-refractivity contribution in [1.29, 1.82) is 0 Å². The normalized spacial score (nSPS) is 15.9. The first kappa shape index (κ1) is 15.8. The smallest absolute Gasteiger partial charge is 0.279 e. The molecule has 1 aliphatic carbocycles. The Balaban J connectivity index is 1.70. The third-order valence-electron chi connectivity index (χ3n) is 3.15. The van der Waals surface area contributed by atoms with E-state index in [0.29, 0.717) is 12.6 Å². The molecule has 0 unspecified atom stereocenters. The van der Waals surface area contributed by atoms with Crippen molar-refractivity contribution in [3.63, 3.8) is 0 Å². The molecule has 1 aromatic heterocycles. The van der Waals surface area contributed by atoms with E-state index >= 15 is 0 Å². The minimum absolute atomic E-state index is 0.255. The van der Waals surface area contributed by atoms with E-state index in [1.54, 1.807) is 13.2 Å². The number of thiazole rings is 1. The van der Waals surface area contributed by atoms with E-state index in [1.807, 2.05) is 6.92 Å². The van der Waals surface area contributed by atoms with Crippen LogP contribution < -0.4 is 10.0 Å². The van der Waals surface area contributed by atoms with Crippen molar-refractivity contribution < 1.29 is 8.42 Å². The largest absolute Gasteiger partial charge is 0.314 e. The summed E-state index contributed by atoms with van der Waals surface area (Å²) in [7, 11) is -1.81. The summed E-state index contributed by atoms with van der Waals surface area (Å²) in [6.07, 6.45) is 5.08. The Morgan fingerprint density at radius 1 is 1.50 bits per heavy atom. The summed E-state index contributed by atoms with van der Waals surface area (Å²) in [5.41, 5.74) is 0. The quantitative estimate of drug-likeness (QED) is 0.662. The van der Waals surface area contributed by atoms with Gasteiger partial charge in [0.2, 0.25) is 0 Å². The van der Waals surface area contributed by atoms with Gasteiger partial charge in [0, 0.05) is 30.7 Å². The summed E-state index contributed by atoms with van der Waals surface area (Å²) in [6, 6.07) is 0.670. The average molecular weight is 318 g/mol. The molecule has 114 valence electrons. The summed E-state index contributed by atoms with van der Waals surface area (Å²) in [4.78, 5) is 5.23. The van der Waals surface area contributed by atoms with Crippen LogP contribution in [0, 0.1) is 6.92 Å². The Morgan fingerprint density at radius 3 is 2.85 bits per heavy atom. The lowest BCUT2D eigenvalue weighted by Crippen LogP contribution is -2.39. The molecular weight excluding hydrogens is 296 g/mol. The predicted octanol–water partition coefficient (Wildman–Crippen LogP) is 0.860. The Bertz CT molecular complexity index is 525. The maximum absolute atomic E-state index is 12.0. The van der Waals surface area contributed by atoms with Gasteiger partial charge in [0.25, 0.3) is 10.2 Å². The predicted molar refractivity (Wildman–Crippen MR) is 80.9 cm³/mol. The lowest BCUT2D eigenvalue weighted by atomic mass is 10.4. The van der Waals surface area contributed by atoms with E-state index in [1.165, 1.54) is 28.5 Å². The van der Waals surface area contributed by atoms with Gasteiger partial charge in [0.15, 0.2) is 0 Å². The van der Waals surface area contributed by atoms with Crippen molar-refractivity contribution in [2.45, 2.75) is 38.8 Å². The molecule has 1 saturated carbocycles. The Hall–Kier alpha value is -0.540. The van der Waals surface area contributed by atoms with Crippen molar-refractivity contribution >= 4 is 21.5 Å². The number of aromatic nitrogens is 1. The molecule has 0 radical (unpaired) electrons. The minimum atomic E-state index is -3.41. The summed E-state index contributed by atoms with van der Waals surface area (Å²) >= 11 is 1.51. The summed E-state index contributed by atoms with van der Waals surface area (Å²) in [5.74, 6) is 0. The zero-order chi connectivity index (χ0) is 14.6. The highest BCUT2D eigenvalue weighted by Crippen LogP contribution is 2.18. The van der Waals surface area contributed by atoms with Gasteiger partial charge < -0.3 is 5.32 Å². The van der Waals surface area contributed by atoms with Gasteiger partial charge >= 0.3 is 0 Å². The number of hydrogen-bond donors (Lipinski definition) is 2. The molecule has 1 heterocycles. The molecule has 1 aromatic rings. The summed E-state index contributed by atoms with van der Waals surface area (Å²) in [5, 5.41) is 4.16. The first-order valence-electron chi connectivity index (χ1n) is 6.83. The van der Waals surface area contributed by atoms with Gasteiger partial charge in [-0.3, -0.25) is 0 Å². The maximum Gasteiger partial charge on any atom is 0.279 e. The topological polar surface area (TPSA) is 74.3 Å². The van der Waals surface area contributed by atoms with Gasteiger partial charge in [-0.15, -0.1) is 11.3 Å². The van der Waals surface area contributed by atoms with E-state index in [-0.39, 0.29) is 6.54 Å². The molecule has 0 spiro atoms. The summed E-state index contributed by atoms with van der Waals surface area (Å²) < 4.78 is 28.0. The molecular formula is C12H22N4O2S2. The van der Waals surface area contributed by atoms with E-state index < -0.39 is 10.2 Å². The lowest BCUT2D eigenvalue weighted by molar-refractivity contribution is 0.444. The third kappa shape index (κ3) is 5.10. The zero-order valence-corrected chi connectivity index (χ0v) is 13.6. The van der Waals surface area contributed by atoms with Gasteiger partial charge in [-0.05, 0) is 32.7 Å². The van der Waals surface area contributed by atoms with Crippen molar-refractivity contribution in [2.75, 3.05) is 20.1 Å². The van der Waals surface area contributed by atoms with Crippen LogP contribution >= 0.6 is 11.3 Å². The third-order valence-corrected chi connectivity index (χ3v) is 5.57. The molecule has 0 aromatic carbocycles. The van der Waals surface area contributed by atoms with Crippen LogP contribution in [0.25, 0.3) is 0 Å². The van der Waals surface area contributed by atoms with E-state index in [9.17, 15) is 8.42 Å². The molecule has 0 bridgehead atoms. The van der Waals surface area contributed by atoms with Gasteiger partial charge in [-0.1, -0.05) is 0 Å². The number of hydrogen-bond acceptors (Lipinski definition) is 5. The van der Waals surface area contributed by atoms with Crippen LogP contribution in [0.5, 0.6) is 0 Å². The van der Waals surface area contributed by atoms with Crippen LogP contribution in [0.1, 0.15) is 29.1 Å². The molecule has 2 N–H and O–H groups in total. The first-order chi connectivity index (χ1) is 9.47. The zero-order valence-electron chi connectivity index (χ0n) is 11.9. The van der Waals surface area contributed by atoms with Crippen LogP contribution in [0.3, 0.4) is 0 Å². The second kappa shape index (κ2) is 6.95. The number of rotatable bonds is 9. The monoisotopic (exact) mass is 318 g/mol. The molecule has 20 heavy (non-hydrogen) atoms. The van der Waals surface area contributed by atoms with Gasteiger partial charge in [0.1, 0.15) is 5.01 Å². The number of aryl methyl sites for hydroxylation is 1. The molecule has 0 saturated heterocycles. The SMILES string of the molecule is Cc1cnc(CNS(=O)(=O)N(C)CCCNC2CC2)s1.